The molecule has 1 amide bonds. The van der Waals surface area contributed by atoms with Gasteiger partial charge in [0.1, 0.15) is 34.3 Å². The van der Waals surface area contributed by atoms with Crippen LogP contribution >= 0.6 is 0 Å². The molecule has 11 heterocycles. The van der Waals surface area contributed by atoms with Crippen LogP contribution in [-0.2, 0) is 85.5 Å². The second-order valence-electron chi connectivity index (χ2n) is 33.5. The molecule has 796 valence electrons. The second-order valence-corrected chi connectivity index (χ2v) is 33.5. The Labute approximate surface area is 819 Å². The lowest BCUT2D eigenvalue weighted by atomic mass is 9.85. The van der Waals surface area contributed by atoms with Crippen LogP contribution in [0.1, 0.15) is 195 Å². The summed E-state index contributed by atoms with van der Waals surface area (Å²) < 4.78 is 415. The molecule has 4 aliphatic heterocycles. The molecular formula is C96H74F30N10O13. The molecule has 0 radical (unpaired) electrons. The number of hydrogen-bond acceptors (Lipinski definition) is 18. The number of aromatic nitrogens is 4. The first-order valence-corrected chi connectivity index (χ1v) is 42.7. The van der Waals surface area contributed by atoms with Crippen molar-refractivity contribution in [3.63, 3.8) is 0 Å². The van der Waals surface area contributed by atoms with E-state index in [1.807, 2.05) is 0 Å². The number of amides is 1. The number of esters is 2. The number of rotatable bonds is 19. The van der Waals surface area contributed by atoms with Gasteiger partial charge in [0.25, 0.3) is 28.3 Å². The number of carboxylic acid groups (broad SMARTS) is 1. The minimum atomic E-state index is -5.18. The number of carboxylic acids is 1. The van der Waals surface area contributed by atoms with Gasteiger partial charge in [-0.2, -0.15) is 132 Å². The fraction of sp³-hybridized carbons (Fsp3) is 0.323. The average molecular weight is 2150 g/mol. The molecular weight excluding hydrogens is 2070 g/mol. The molecule has 7 aromatic heterocycles. The van der Waals surface area contributed by atoms with Crippen molar-refractivity contribution >= 4 is 74.8 Å². The van der Waals surface area contributed by atoms with Gasteiger partial charge in [-0.3, -0.25) is 14.4 Å². The average Bonchev–Trinajstić information content (AvgIpc) is 1.61. The van der Waals surface area contributed by atoms with E-state index in [4.69, 9.17) is 29.8 Å². The van der Waals surface area contributed by atoms with Crippen LogP contribution < -0.4 is 11.1 Å². The molecule has 0 saturated carbocycles. The van der Waals surface area contributed by atoms with E-state index in [1.54, 1.807) is 12.1 Å². The summed E-state index contributed by atoms with van der Waals surface area (Å²) in [5.74, 6) is 0.244. The zero-order chi connectivity index (χ0) is 111. The number of carbonyl (C=O) groups is 6. The van der Waals surface area contributed by atoms with Crippen molar-refractivity contribution in [3.8, 4) is 11.8 Å². The molecule has 0 bridgehead atoms. The number of pyridine rings is 4. The number of benzene rings is 4. The third-order valence-electron chi connectivity index (χ3n) is 23.0. The van der Waals surface area contributed by atoms with Crippen LogP contribution in [0.25, 0.3) is 16.6 Å². The van der Waals surface area contributed by atoms with Crippen molar-refractivity contribution in [1.29, 1.82) is 0 Å². The number of aryl methyl sites for hydroxylation is 4. The summed E-state index contributed by atoms with van der Waals surface area (Å²) >= 11 is 0. The summed E-state index contributed by atoms with van der Waals surface area (Å²) in [5, 5.41) is 25.8. The second kappa shape index (κ2) is 42.6. The van der Waals surface area contributed by atoms with Crippen molar-refractivity contribution in [3.05, 3.63) is 294 Å². The maximum absolute atomic E-state index is 14.4. The summed E-state index contributed by atoms with van der Waals surface area (Å²) in [5.41, 5.74) is -15.7. The first kappa shape index (κ1) is 114. The Kier molecular flexibility index (Phi) is 32.6. The molecule has 11 aromatic rings. The quantitative estimate of drug-likeness (QED) is 0.0385. The molecule has 0 spiro atoms. The van der Waals surface area contributed by atoms with Gasteiger partial charge in [0.15, 0.2) is 5.78 Å². The van der Waals surface area contributed by atoms with Gasteiger partial charge in [-0.1, -0.05) is 73.1 Å². The molecule has 4 atom stereocenters. The Balaban J connectivity index is 0.000000183. The first-order valence-electron chi connectivity index (χ1n) is 42.7. The Morgan fingerprint density at radius 2 is 0.691 bits per heavy atom. The monoisotopic (exact) mass is 2140 g/mol. The minimum absolute atomic E-state index is 0.00395. The number of methoxy groups -OCH3 is 2. The Hall–Kier alpha value is -15.2. The number of carbonyl (C=O) groups excluding carboxylic acids is 5. The van der Waals surface area contributed by atoms with E-state index >= 15 is 0 Å². The highest BCUT2D eigenvalue weighted by molar-refractivity contribution is 6.08. The first-order chi connectivity index (χ1) is 68.9. The number of nitrogens with two attached hydrogens (primary N) is 1. The molecule has 4 N–H and O–H groups in total. The van der Waals surface area contributed by atoms with Gasteiger partial charge in [0.2, 0.25) is 0 Å². The van der Waals surface area contributed by atoms with E-state index < -0.39 is 222 Å². The summed E-state index contributed by atoms with van der Waals surface area (Å²) in [6, 6.07) is 27.7. The van der Waals surface area contributed by atoms with Gasteiger partial charge in [-0.25, -0.2) is 19.4 Å². The van der Waals surface area contributed by atoms with Gasteiger partial charge in [-0.05, 0) is 174 Å². The molecule has 0 aliphatic carbocycles. The Bertz CT molecular complexity index is 7170. The number of halogens is 30. The molecule has 4 aromatic carbocycles. The lowest BCUT2D eigenvalue weighted by molar-refractivity contribution is -0.276. The summed E-state index contributed by atoms with van der Waals surface area (Å²) in [7, 11) is 2.34. The highest BCUT2D eigenvalue weighted by Gasteiger charge is 2.67. The number of hydrogen-bond donors (Lipinski definition) is 3. The number of nitrogens with zero attached hydrogens (tertiary/aromatic N) is 8. The highest BCUT2D eigenvalue weighted by Crippen LogP contribution is 2.56. The number of ether oxygens (including phenoxy) is 2. The van der Waals surface area contributed by atoms with E-state index in [0.717, 1.165) is 49.6 Å². The standard InChI is InChI=1S/C26H20F9N3O3.2C22H16F6N2O3.C21H14F6N2O3.C5H8F3NO/c1-14-9-15(11-16(10-14)25(30,31)32)23(26(33,34)35)12-19(37-41-23)21-5-4-18(20-3-2-8-38(20)21)22(40)36-13-17(39)6-7-24(27,28)29;1-12-8-13(10-14(9-12)21(23,24)25)20(22(26,27)28)11-16(29-33-20)18-6-5-15(19(31)32-2)17-4-3-7-30(17)18;1-4-5-16-15(19(31)32-3)6-7-17(29-16)18-11-20(33-30-18,22(26,27)28)13-8-12(2)9-14(10-13)21(23,24)25;1-11-7-12(9-13(8-11)20(22,23)24)19(21(25,26)27)10-15(28-32-19)17-5-4-14(18(30)31)16-3-2-6-29(16)17;6-5(7,8)2-1-4(10)3-9/h2-5,8-11H,6-7,12-13H2,1H3,(H,36,40);3-10H,11H2,1-2H3;6-10H,11H2,1-3H3;2-9H,10H2,1H3,(H,30,31);1-3,9H2. The Morgan fingerprint density at radius 1 is 0.396 bits per heavy atom. The molecule has 149 heavy (non-hydrogen) atoms. The van der Waals surface area contributed by atoms with Crippen LogP contribution in [0.3, 0.4) is 0 Å². The lowest BCUT2D eigenvalue weighted by Crippen LogP contribution is -2.43. The van der Waals surface area contributed by atoms with Gasteiger partial charge in [-0.15, -0.1) is 0 Å². The number of Topliss-reactive ketones (excluding diaryl/α,β-unsaturated/α-hetero) is 2. The maximum atomic E-state index is 14.4. The predicted octanol–water partition coefficient (Wildman–Crippen LogP) is 23.7. The zero-order valence-electron chi connectivity index (χ0n) is 77.2. The Morgan fingerprint density at radius 3 is 1.00 bits per heavy atom. The van der Waals surface area contributed by atoms with E-state index in [2.05, 4.69) is 47.5 Å². The van der Waals surface area contributed by atoms with E-state index in [0.29, 0.717) is 35.8 Å². The van der Waals surface area contributed by atoms with Crippen molar-refractivity contribution in [1.82, 2.24) is 23.5 Å². The summed E-state index contributed by atoms with van der Waals surface area (Å²) in [4.78, 5) is 93.4. The fourth-order valence-corrected chi connectivity index (χ4v) is 15.8. The number of fused-ring (bicyclic) bond motifs is 3. The number of alkyl halides is 30. The van der Waals surface area contributed by atoms with E-state index in [9.17, 15) is 166 Å². The molecule has 4 unspecified atom stereocenters. The zero-order valence-corrected chi connectivity index (χ0v) is 77.2. The number of aromatic carboxylic acids is 1. The molecule has 0 fully saturated rings. The third kappa shape index (κ3) is 25.1. The summed E-state index contributed by atoms with van der Waals surface area (Å²) in [6.45, 7) is 5.49. The fourth-order valence-electron chi connectivity index (χ4n) is 15.8. The number of oxime groups is 4. The predicted molar refractivity (Wildman–Crippen MR) is 465 cm³/mol. The molecule has 53 heteroatoms. The SMILES string of the molecule is CC#Cc1nc(C2=NOC(c3cc(C)cc(C(F)(F)F)c3)(C(F)(F)F)C2)ccc1C(=O)OC.COC(=O)c1ccc(C2=NOC(c3cc(C)cc(C(F)(F)F)c3)(C(F)(F)F)C2)n2cccc12.Cc1cc(C(F)(F)F)cc(C2(C(F)(F)F)CC(c3ccc(C(=O)NCC(=O)CCC(F)(F)F)c4cccn34)=NO2)c1.Cc1cc(C(F)(F)F)cc(C2(C(F)(F)F)CC(c3ccc(C(=O)O)c4cccn34)=NO2)c1.NCC(=O)CCC(F)(F)F. The van der Waals surface area contributed by atoms with Crippen molar-refractivity contribution < 1.29 is 194 Å². The molecule has 4 aliphatic rings. The van der Waals surface area contributed by atoms with Gasteiger partial charge >= 0.3 is 79.7 Å². The van der Waals surface area contributed by atoms with Crippen LogP contribution in [-0.4, -0.2) is 146 Å². The molecule has 15 rings (SSSR count). The molecule has 23 nitrogen and oxygen atoms in total. The number of nitrogens with one attached hydrogen (secondary N) is 1. The van der Waals surface area contributed by atoms with Gasteiger partial charge in [0, 0.05) is 53.7 Å². The van der Waals surface area contributed by atoms with Gasteiger partial charge in [0.05, 0.1) is 150 Å². The van der Waals surface area contributed by atoms with Crippen LogP contribution in [0.4, 0.5) is 132 Å². The van der Waals surface area contributed by atoms with Crippen LogP contribution in [0, 0.1) is 39.5 Å². The molecule has 0 saturated heterocycles. The van der Waals surface area contributed by atoms with E-state index in [-0.39, 0.29) is 113 Å². The normalized spacial score (nSPS) is 18.0. The largest absolute Gasteiger partial charge is 0.478 e. The van der Waals surface area contributed by atoms with Crippen molar-refractivity contribution in [2.75, 3.05) is 27.3 Å². The maximum Gasteiger partial charge on any atom is 0.435 e. The minimum Gasteiger partial charge on any atom is -0.478 e. The topological polar surface area (TPSA) is 292 Å². The lowest BCUT2D eigenvalue weighted by Gasteiger charge is -2.30. The smallest absolute Gasteiger partial charge is 0.435 e. The van der Waals surface area contributed by atoms with Crippen LogP contribution in [0.5, 0.6) is 0 Å². The number of ketones is 2. The van der Waals surface area contributed by atoms with Crippen LogP contribution in [0.15, 0.2) is 197 Å². The van der Waals surface area contributed by atoms with Crippen molar-refractivity contribution in [2.24, 2.45) is 26.4 Å². The van der Waals surface area contributed by atoms with E-state index in [1.165, 1.54) is 146 Å². The van der Waals surface area contributed by atoms with Crippen molar-refractivity contribution in [2.45, 2.75) is 170 Å². The third-order valence-corrected chi connectivity index (χ3v) is 23.0. The van der Waals surface area contributed by atoms with Gasteiger partial charge < -0.3 is 58.2 Å². The highest BCUT2D eigenvalue weighted by atomic mass is 19.4. The summed E-state index contributed by atoms with van der Waals surface area (Å²) in [6.07, 6.45) is -51.7. The van der Waals surface area contributed by atoms with Crippen LogP contribution in [0.2, 0.25) is 0 Å².